The minimum atomic E-state index is -1.37. The molecule has 1 saturated carbocycles. The summed E-state index contributed by atoms with van der Waals surface area (Å²) in [7, 11) is -1.37. The number of carbonyl (C=O) groups is 1. The fraction of sp³-hybridized carbons (Fsp3) is 0.600. The highest BCUT2D eigenvalue weighted by molar-refractivity contribution is 7.82. The van der Waals surface area contributed by atoms with Crippen molar-refractivity contribution in [2.75, 3.05) is 6.54 Å². The molecule has 3 rings (SSSR count). The van der Waals surface area contributed by atoms with Gasteiger partial charge in [0.05, 0.1) is 10.6 Å². The van der Waals surface area contributed by atoms with Crippen molar-refractivity contribution in [2.45, 2.75) is 118 Å². The van der Waals surface area contributed by atoms with Crippen molar-refractivity contribution >= 4 is 27.9 Å². The van der Waals surface area contributed by atoms with Crippen LogP contribution in [0.3, 0.4) is 0 Å². The van der Waals surface area contributed by atoms with Gasteiger partial charge in [0.15, 0.2) is 5.78 Å². The zero-order chi connectivity index (χ0) is 30.7. The summed E-state index contributed by atoms with van der Waals surface area (Å²) in [6.07, 6.45) is 8.05. The number of carbonyl (C=O) groups excluding carboxylic acids is 1. The van der Waals surface area contributed by atoms with Gasteiger partial charge in [-0.2, -0.15) is 0 Å². The van der Waals surface area contributed by atoms with Crippen LogP contribution < -0.4 is 0 Å². The summed E-state index contributed by atoms with van der Waals surface area (Å²) < 4.78 is 30.8. The number of nitrogens with zero attached hydrogens (tertiary/aromatic N) is 2. The molecule has 2 unspecified atom stereocenters. The van der Waals surface area contributed by atoms with Gasteiger partial charge in [-0.1, -0.05) is 53.5 Å². The third-order valence-corrected chi connectivity index (χ3v) is 10.1. The van der Waals surface area contributed by atoms with Crippen LogP contribution in [0, 0.1) is 36.9 Å². The summed E-state index contributed by atoms with van der Waals surface area (Å²) in [6, 6.07) is 7.21. The summed E-state index contributed by atoms with van der Waals surface area (Å²) in [5.41, 5.74) is 3.37. The Bertz CT molecular complexity index is 1280. The molecule has 0 N–H and O–H groups in total. The predicted molar refractivity (Wildman–Crippen MR) is 170 cm³/mol. The number of benzene rings is 1. The van der Waals surface area contributed by atoms with Gasteiger partial charge in [-0.05, 0) is 113 Å². The van der Waals surface area contributed by atoms with Crippen LogP contribution in [0.4, 0.5) is 4.39 Å². The van der Waals surface area contributed by atoms with Crippen molar-refractivity contribution in [1.29, 1.82) is 0 Å². The number of halogens is 1. The molecule has 6 heteroatoms. The molecule has 2 atom stereocenters. The molecule has 4 nitrogen and oxygen atoms in total. The van der Waals surface area contributed by atoms with E-state index in [0.717, 1.165) is 42.5 Å². The van der Waals surface area contributed by atoms with E-state index < -0.39 is 16.4 Å². The van der Waals surface area contributed by atoms with Crippen molar-refractivity contribution in [3.05, 3.63) is 58.7 Å². The average molecular weight is 583 g/mol. The number of Topliss-reactive ketones (excluding diaryl/α,β-unsaturated/α-hetero) is 1. The zero-order valence-corrected chi connectivity index (χ0v) is 27.8. The van der Waals surface area contributed by atoms with Crippen LogP contribution in [-0.2, 0) is 15.8 Å². The summed E-state index contributed by atoms with van der Waals surface area (Å²) in [4.78, 5) is 19.9. The van der Waals surface area contributed by atoms with Crippen molar-refractivity contribution in [3.63, 3.8) is 0 Å². The van der Waals surface area contributed by atoms with Gasteiger partial charge >= 0.3 is 0 Å². The highest BCUT2D eigenvalue weighted by Crippen LogP contribution is 2.46. The molecule has 226 valence electrons. The first-order chi connectivity index (χ1) is 19.1. The highest BCUT2D eigenvalue weighted by Gasteiger charge is 2.36. The normalized spacial score (nSPS) is 17.1. The number of hydrogen-bond acceptors (Lipinski definition) is 3. The van der Waals surface area contributed by atoms with Crippen LogP contribution in [-0.4, -0.2) is 31.4 Å². The van der Waals surface area contributed by atoms with Gasteiger partial charge in [-0.25, -0.2) is 12.9 Å². The van der Waals surface area contributed by atoms with Gasteiger partial charge in [0.1, 0.15) is 16.8 Å². The van der Waals surface area contributed by atoms with E-state index in [1.54, 1.807) is 19.2 Å². The first kappa shape index (κ1) is 33.3. The summed E-state index contributed by atoms with van der Waals surface area (Å²) in [6.45, 7) is 20.7. The molecule has 1 aliphatic rings. The molecule has 1 fully saturated rings. The highest BCUT2D eigenvalue weighted by atomic mass is 32.2. The summed E-state index contributed by atoms with van der Waals surface area (Å²) in [5.74, 6) is 0.226. The Morgan fingerprint density at radius 3 is 2.17 bits per heavy atom. The Morgan fingerprint density at radius 2 is 1.68 bits per heavy atom. The Morgan fingerprint density at radius 1 is 1.05 bits per heavy atom. The van der Waals surface area contributed by atoms with Gasteiger partial charge in [-0.15, -0.1) is 0 Å². The predicted octanol–water partition coefficient (Wildman–Crippen LogP) is 9.11. The van der Waals surface area contributed by atoms with Crippen molar-refractivity contribution < 1.29 is 13.4 Å². The number of rotatable bonds is 10. The van der Waals surface area contributed by atoms with Crippen LogP contribution >= 0.6 is 0 Å². The summed E-state index contributed by atoms with van der Waals surface area (Å²) >= 11 is 0. The number of pyridine rings is 1. The largest absolute Gasteiger partial charge is 0.294 e. The molecule has 0 bridgehead atoms. The zero-order valence-electron chi connectivity index (χ0n) is 27.0. The van der Waals surface area contributed by atoms with Crippen LogP contribution in [0.1, 0.15) is 116 Å². The van der Waals surface area contributed by atoms with Crippen LogP contribution in [0.25, 0.3) is 11.1 Å². The lowest BCUT2D eigenvalue weighted by Crippen LogP contribution is -2.43. The fourth-order valence-corrected chi connectivity index (χ4v) is 7.56. The van der Waals surface area contributed by atoms with Crippen molar-refractivity contribution in [1.82, 2.24) is 9.29 Å². The van der Waals surface area contributed by atoms with E-state index in [2.05, 4.69) is 34.6 Å². The molecule has 1 heterocycles. The SMILES string of the molecule is CCCN(S(=O)c1ccc(C(=C(C(=O)C(C)(C)C)c2cc(F)c(C)cc2C)C(CC)C2CCCC2)nc1)C(C)(C)C. The maximum Gasteiger partial charge on any atom is 0.169 e. The lowest BCUT2D eigenvalue weighted by molar-refractivity contribution is -0.120. The molecule has 0 amide bonds. The maximum atomic E-state index is 15.1. The van der Waals surface area contributed by atoms with E-state index in [-0.39, 0.29) is 23.1 Å². The maximum absolute atomic E-state index is 15.1. The Labute approximate surface area is 250 Å². The van der Waals surface area contributed by atoms with Crippen LogP contribution in [0.15, 0.2) is 35.4 Å². The molecule has 41 heavy (non-hydrogen) atoms. The number of aromatic nitrogens is 1. The topological polar surface area (TPSA) is 50.3 Å². The minimum Gasteiger partial charge on any atom is -0.294 e. The monoisotopic (exact) mass is 582 g/mol. The molecule has 0 radical (unpaired) electrons. The fourth-order valence-electron chi connectivity index (χ4n) is 6.14. The molecule has 1 aromatic carbocycles. The third-order valence-electron chi connectivity index (χ3n) is 8.32. The number of ketones is 1. The van der Waals surface area contributed by atoms with E-state index in [9.17, 15) is 9.00 Å². The molecule has 1 aromatic heterocycles. The van der Waals surface area contributed by atoms with Crippen LogP contribution in [0.5, 0.6) is 0 Å². The first-order valence-corrected chi connectivity index (χ1v) is 16.4. The van der Waals surface area contributed by atoms with E-state index in [4.69, 9.17) is 4.98 Å². The Kier molecular flexibility index (Phi) is 10.9. The van der Waals surface area contributed by atoms with Gasteiger partial charge in [-0.3, -0.25) is 9.78 Å². The Hall–Kier alpha value is -2.18. The van der Waals surface area contributed by atoms with E-state index in [1.807, 2.05) is 50.2 Å². The van der Waals surface area contributed by atoms with Crippen molar-refractivity contribution in [2.24, 2.45) is 17.3 Å². The molecule has 0 aliphatic heterocycles. The number of aryl methyl sites for hydroxylation is 2. The molecule has 0 spiro atoms. The standard InChI is InChI=1S/C35H51FN2O2S/c1-11-19-38(35(8,9)10)41(40)26-17-18-30(37-22-26)31(27(12-2)25-15-13-14-16-25)32(33(39)34(5,6)7)28-21-29(36)24(4)20-23(28)3/h17-18,20-22,25,27H,11-16,19H2,1-10H3. The molecule has 0 saturated heterocycles. The van der Waals surface area contributed by atoms with Gasteiger partial charge in [0.2, 0.25) is 0 Å². The molecular formula is C35H51FN2O2S. The molecular weight excluding hydrogens is 531 g/mol. The smallest absolute Gasteiger partial charge is 0.169 e. The molecule has 1 aliphatic carbocycles. The third kappa shape index (κ3) is 7.62. The summed E-state index contributed by atoms with van der Waals surface area (Å²) in [5, 5.41) is 0. The second-order valence-electron chi connectivity index (χ2n) is 13.7. The van der Waals surface area contributed by atoms with Crippen LogP contribution in [0.2, 0.25) is 0 Å². The second kappa shape index (κ2) is 13.4. The van der Waals surface area contributed by atoms with Crippen molar-refractivity contribution in [3.8, 4) is 0 Å². The van der Waals surface area contributed by atoms with E-state index in [1.165, 1.54) is 12.8 Å². The van der Waals surface area contributed by atoms with Gasteiger partial charge in [0, 0.05) is 29.3 Å². The molecule has 2 aromatic rings. The number of hydrogen-bond donors (Lipinski definition) is 0. The first-order valence-electron chi connectivity index (χ1n) is 15.3. The lowest BCUT2D eigenvalue weighted by atomic mass is 9.73. The van der Waals surface area contributed by atoms with Gasteiger partial charge in [0.25, 0.3) is 0 Å². The van der Waals surface area contributed by atoms with Gasteiger partial charge < -0.3 is 0 Å². The Balaban J connectivity index is 2.33. The minimum absolute atomic E-state index is 0.00777. The quantitative estimate of drug-likeness (QED) is 0.263. The average Bonchev–Trinajstić information content (AvgIpc) is 3.43. The van der Waals surface area contributed by atoms with E-state index in [0.29, 0.717) is 34.1 Å². The van der Waals surface area contributed by atoms with E-state index >= 15 is 4.39 Å². The number of allylic oxidation sites excluding steroid dienone is 2. The second-order valence-corrected chi connectivity index (χ2v) is 15.2. The lowest BCUT2D eigenvalue weighted by Gasteiger charge is -2.34.